The summed E-state index contributed by atoms with van der Waals surface area (Å²) in [5.74, 6) is 0.606. The number of anilines is 2. The van der Waals surface area contributed by atoms with Gasteiger partial charge in [0.2, 0.25) is 5.95 Å². The highest BCUT2D eigenvalue weighted by Crippen LogP contribution is 2.16. The first-order valence-electron chi connectivity index (χ1n) is 4.09. The van der Waals surface area contributed by atoms with Crippen molar-refractivity contribution in [3.05, 3.63) is 12.3 Å². The summed E-state index contributed by atoms with van der Waals surface area (Å²) in [7, 11) is 0. The molecule has 2 rings (SSSR count). The van der Waals surface area contributed by atoms with Gasteiger partial charge in [-0.3, -0.25) is 0 Å². The molecule has 0 bridgehead atoms. The van der Waals surface area contributed by atoms with Gasteiger partial charge in [0.1, 0.15) is 12.1 Å². The summed E-state index contributed by atoms with van der Waals surface area (Å²) in [6.07, 6.45) is 1.65. The Kier molecular flexibility index (Phi) is 1.93. The summed E-state index contributed by atoms with van der Waals surface area (Å²) < 4.78 is 1.52. The number of aliphatic hydroxyl groups excluding tert-OH is 1. The standard InChI is InChI=1S/C7H11N5O2/c8-6-5-1-2-11(14-4-3-13)12(5)7(9)10-6/h1-2,13H,3-4,8H2,(H2,9,10). The molecule has 0 saturated carbocycles. The van der Waals surface area contributed by atoms with Gasteiger partial charge >= 0.3 is 0 Å². The lowest BCUT2D eigenvalue weighted by Gasteiger charge is -2.06. The highest BCUT2D eigenvalue weighted by Gasteiger charge is 2.09. The fraction of sp³-hybridized carbons (Fsp3) is 0.286. The lowest BCUT2D eigenvalue weighted by Crippen LogP contribution is -2.19. The number of fused-ring (bicyclic) bond motifs is 1. The van der Waals surface area contributed by atoms with Crippen LogP contribution in [-0.2, 0) is 0 Å². The average molecular weight is 197 g/mol. The maximum atomic E-state index is 8.59. The fourth-order valence-electron chi connectivity index (χ4n) is 1.26. The van der Waals surface area contributed by atoms with E-state index in [0.29, 0.717) is 11.3 Å². The van der Waals surface area contributed by atoms with Crippen LogP contribution in [0.1, 0.15) is 0 Å². The van der Waals surface area contributed by atoms with Crippen molar-refractivity contribution in [3.63, 3.8) is 0 Å². The predicted octanol–water partition coefficient (Wildman–Crippen LogP) is -1.28. The van der Waals surface area contributed by atoms with Crippen LogP contribution in [-0.4, -0.2) is 32.7 Å². The summed E-state index contributed by atoms with van der Waals surface area (Å²) >= 11 is 0. The number of nitrogen functional groups attached to an aromatic ring is 2. The number of hydrogen-bond acceptors (Lipinski definition) is 5. The second-order valence-electron chi connectivity index (χ2n) is 2.73. The normalized spacial score (nSPS) is 10.9. The van der Waals surface area contributed by atoms with Crippen LogP contribution >= 0.6 is 0 Å². The topological polar surface area (TPSA) is 104 Å². The number of hydrogen-bond donors (Lipinski definition) is 3. The molecule has 0 spiro atoms. The average Bonchev–Trinajstić information content (AvgIpc) is 2.67. The van der Waals surface area contributed by atoms with Crippen molar-refractivity contribution in [3.8, 4) is 0 Å². The highest BCUT2D eigenvalue weighted by molar-refractivity contribution is 5.68. The number of aliphatic hydroxyl groups is 1. The van der Waals surface area contributed by atoms with E-state index in [-0.39, 0.29) is 19.2 Å². The highest BCUT2D eigenvalue weighted by atomic mass is 16.7. The molecule has 0 unspecified atom stereocenters. The van der Waals surface area contributed by atoms with Gasteiger partial charge in [0.05, 0.1) is 12.8 Å². The molecule has 76 valence electrons. The molecule has 0 aliphatic rings. The summed E-state index contributed by atoms with van der Waals surface area (Å²) in [5, 5.41) is 8.59. The second kappa shape index (κ2) is 3.11. The van der Waals surface area contributed by atoms with Crippen LogP contribution in [0.3, 0.4) is 0 Å². The van der Waals surface area contributed by atoms with Gasteiger partial charge in [0, 0.05) is 0 Å². The summed E-state index contributed by atoms with van der Waals surface area (Å²) in [6.45, 7) is 0.116. The van der Waals surface area contributed by atoms with E-state index in [4.69, 9.17) is 21.4 Å². The Balaban J connectivity index is 2.45. The first kappa shape index (κ1) is 8.70. The maximum absolute atomic E-state index is 8.59. The molecule has 2 aromatic rings. The van der Waals surface area contributed by atoms with Crippen molar-refractivity contribution in [1.82, 2.24) is 14.3 Å². The number of rotatable bonds is 3. The van der Waals surface area contributed by atoms with Crippen molar-refractivity contribution in [2.75, 3.05) is 24.7 Å². The largest absolute Gasteiger partial charge is 0.396 e. The molecule has 0 aromatic carbocycles. The van der Waals surface area contributed by atoms with Gasteiger partial charge in [-0.05, 0) is 6.07 Å². The molecule has 0 aliphatic carbocycles. The number of imidazole rings is 1. The molecule has 0 saturated heterocycles. The Morgan fingerprint density at radius 2 is 2.29 bits per heavy atom. The molecule has 0 atom stereocenters. The van der Waals surface area contributed by atoms with Gasteiger partial charge in [-0.1, -0.05) is 0 Å². The monoisotopic (exact) mass is 197 g/mol. The van der Waals surface area contributed by atoms with Gasteiger partial charge in [0.15, 0.2) is 5.82 Å². The van der Waals surface area contributed by atoms with E-state index in [9.17, 15) is 0 Å². The minimum atomic E-state index is -0.0657. The van der Waals surface area contributed by atoms with E-state index in [1.165, 1.54) is 9.36 Å². The van der Waals surface area contributed by atoms with Crippen molar-refractivity contribution < 1.29 is 9.94 Å². The van der Waals surface area contributed by atoms with Crippen LogP contribution in [0.15, 0.2) is 12.3 Å². The van der Waals surface area contributed by atoms with Crippen molar-refractivity contribution >= 4 is 17.3 Å². The molecule has 2 aromatic heterocycles. The molecular weight excluding hydrogens is 186 g/mol. The third-order valence-electron chi connectivity index (χ3n) is 1.81. The second-order valence-corrected chi connectivity index (χ2v) is 2.73. The molecule has 0 radical (unpaired) electrons. The number of aromatic nitrogens is 3. The molecule has 7 nitrogen and oxygen atoms in total. The van der Waals surface area contributed by atoms with Crippen molar-refractivity contribution in [2.24, 2.45) is 0 Å². The van der Waals surface area contributed by atoms with E-state index in [2.05, 4.69) is 4.98 Å². The smallest absolute Gasteiger partial charge is 0.224 e. The molecule has 2 heterocycles. The molecular formula is C7H11N5O2. The summed E-state index contributed by atoms with van der Waals surface area (Å²) in [6, 6.07) is 1.73. The Bertz CT molecular complexity index is 446. The van der Waals surface area contributed by atoms with E-state index >= 15 is 0 Å². The first-order valence-corrected chi connectivity index (χ1v) is 4.09. The molecule has 14 heavy (non-hydrogen) atoms. The SMILES string of the molecule is Nc1nc(N)n2c1ccn2OCCO. The third-order valence-corrected chi connectivity index (χ3v) is 1.81. The molecule has 7 heteroatoms. The van der Waals surface area contributed by atoms with E-state index in [1.54, 1.807) is 12.3 Å². The van der Waals surface area contributed by atoms with Crippen LogP contribution in [0.5, 0.6) is 0 Å². The molecule has 0 fully saturated rings. The lowest BCUT2D eigenvalue weighted by molar-refractivity contribution is 0.0482. The van der Waals surface area contributed by atoms with Crippen LogP contribution in [0.4, 0.5) is 11.8 Å². The molecule has 0 aliphatic heterocycles. The first-order chi connectivity index (χ1) is 6.74. The zero-order valence-electron chi connectivity index (χ0n) is 7.42. The Morgan fingerprint density at radius 3 is 3.00 bits per heavy atom. The van der Waals surface area contributed by atoms with Gasteiger partial charge < -0.3 is 21.4 Å². The fourth-order valence-corrected chi connectivity index (χ4v) is 1.26. The molecule has 5 N–H and O–H groups in total. The molecule has 0 amide bonds. The third kappa shape index (κ3) is 1.14. The van der Waals surface area contributed by atoms with Crippen molar-refractivity contribution in [2.45, 2.75) is 0 Å². The minimum Gasteiger partial charge on any atom is -0.396 e. The van der Waals surface area contributed by atoms with Crippen molar-refractivity contribution in [1.29, 1.82) is 0 Å². The van der Waals surface area contributed by atoms with E-state index in [0.717, 1.165) is 0 Å². The van der Waals surface area contributed by atoms with E-state index < -0.39 is 0 Å². The Morgan fingerprint density at radius 1 is 1.50 bits per heavy atom. The van der Waals surface area contributed by atoms with Crippen LogP contribution in [0.2, 0.25) is 0 Å². The zero-order valence-corrected chi connectivity index (χ0v) is 7.42. The predicted molar refractivity (Wildman–Crippen MR) is 50.5 cm³/mol. The van der Waals surface area contributed by atoms with Crippen LogP contribution in [0.25, 0.3) is 5.52 Å². The quantitative estimate of drug-likeness (QED) is 0.568. The zero-order chi connectivity index (χ0) is 10.1. The maximum Gasteiger partial charge on any atom is 0.224 e. The van der Waals surface area contributed by atoms with Gasteiger partial charge in [-0.2, -0.15) is 9.50 Å². The van der Waals surface area contributed by atoms with Gasteiger partial charge in [0.25, 0.3) is 0 Å². The van der Waals surface area contributed by atoms with Gasteiger partial charge in [-0.15, -0.1) is 4.85 Å². The number of nitrogens with zero attached hydrogens (tertiary/aromatic N) is 3. The van der Waals surface area contributed by atoms with Crippen LogP contribution in [0, 0.1) is 0 Å². The summed E-state index contributed by atoms with van der Waals surface area (Å²) in [4.78, 5) is 10.4. The summed E-state index contributed by atoms with van der Waals surface area (Å²) in [5.41, 5.74) is 11.9. The lowest BCUT2D eigenvalue weighted by atomic mass is 10.5. The Hall–Kier alpha value is -1.89. The van der Waals surface area contributed by atoms with Gasteiger partial charge in [-0.25, -0.2) is 0 Å². The Labute approximate surface area is 79.4 Å². The minimum absolute atomic E-state index is 0.0657. The van der Waals surface area contributed by atoms with Crippen LogP contribution < -0.4 is 16.3 Å². The number of nitrogens with two attached hydrogens (primary N) is 2. The van der Waals surface area contributed by atoms with E-state index in [1.807, 2.05) is 0 Å².